The summed E-state index contributed by atoms with van der Waals surface area (Å²) < 4.78 is 0. The van der Waals surface area contributed by atoms with Crippen molar-refractivity contribution in [3.63, 3.8) is 0 Å². The normalized spacial score (nSPS) is 19.3. The van der Waals surface area contributed by atoms with Gasteiger partial charge in [-0.15, -0.1) is 0 Å². The molecule has 0 amide bonds. The summed E-state index contributed by atoms with van der Waals surface area (Å²) in [6.07, 6.45) is 2.42. The number of halogens is 1. The molecular formula is C13H21ClN4O. The zero-order valence-corrected chi connectivity index (χ0v) is 12.0. The van der Waals surface area contributed by atoms with Crippen molar-refractivity contribution in [3.8, 4) is 0 Å². The summed E-state index contributed by atoms with van der Waals surface area (Å²) in [5.41, 5.74) is 0.873. The molecule has 106 valence electrons. The first-order chi connectivity index (χ1) is 9.17. The third-order valence-electron chi connectivity index (χ3n) is 3.29. The molecule has 1 aliphatic rings. The smallest absolute Gasteiger partial charge is 0.144 e. The maximum atomic E-state index is 9.17. The van der Waals surface area contributed by atoms with Gasteiger partial charge in [0.2, 0.25) is 0 Å². The molecule has 0 bridgehead atoms. The van der Waals surface area contributed by atoms with E-state index in [2.05, 4.69) is 20.2 Å². The number of aryl methyl sites for hydroxylation is 1. The summed E-state index contributed by atoms with van der Waals surface area (Å²) in [6.45, 7) is 5.31. The third kappa shape index (κ3) is 4.69. The quantitative estimate of drug-likeness (QED) is 0.763. The molecule has 1 saturated heterocycles. The van der Waals surface area contributed by atoms with Gasteiger partial charge in [-0.25, -0.2) is 9.97 Å². The van der Waals surface area contributed by atoms with Crippen LogP contribution in [0.4, 0.5) is 0 Å². The van der Waals surface area contributed by atoms with E-state index in [1.54, 1.807) is 6.07 Å². The lowest BCUT2D eigenvalue weighted by atomic mass is 10.2. The minimum absolute atomic E-state index is 0.145. The number of hydrogen-bond donors (Lipinski definition) is 2. The maximum absolute atomic E-state index is 9.17. The molecule has 2 N–H and O–H groups in total. The van der Waals surface area contributed by atoms with E-state index in [0.29, 0.717) is 24.3 Å². The highest BCUT2D eigenvalue weighted by atomic mass is 35.5. The van der Waals surface area contributed by atoms with Crippen LogP contribution in [0.15, 0.2) is 6.07 Å². The number of rotatable bonds is 6. The Morgan fingerprint density at radius 3 is 3.00 bits per heavy atom. The second-order valence-electron chi connectivity index (χ2n) is 5.00. The average molecular weight is 285 g/mol. The lowest BCUT2D eigenvalue weighted by Gasteiger charge is -2.24. The first-order valence-electron chi connectivity index (χ1n) is 6.74. The molecule has 19 heavy (non-hydrogen) atoms. The fourth-order valence-corrected chi connectivity index (χ4v) is 2.72. The van der Waals surface area contributed by atoms with E-state index in [0.717, 1.165) is 24.6 Å². The number of nitrogens with one attached hydrogen (secondary N) is 1. The van der Waals surface area contributed by atoms with Crippen molar-refractivity contribution in [2.75, 3.05) is 26.2 Å². The molecule has 1 aromatic heterocycles. The van der Waals surface area contributed by atoms with Crippen LogP contribution >= 0.6 is 11.6 Å². The first-order valence-corrected chi connectivity index (χ1v) is 7.12. The highest BCUT2D eigenvalue weighted by molar-refractivity contribution is 6.29. The van der Waals surface area contributed by atoms with Crippen molar-refractivity contribution in [3.05, 3.63) is 22.7 Å². The van der Waals surface area contributed by atoms with Crippen molar-refractivity contribution < 1.29 is 5.11 Å². The third-order valence-corrected chi connectivity index (χ3v) is 3.49. The monoisotopic (exact) mass is 284 g/mol. The molecule has 1 unspecified atom stereocenters. The Bertz CT molecular complexity index is 389. The molecule has 0 spiro atoms. The fraction of sp³-hybridized carbons (Fsp3) is 0.692. The van der Waals surface area contributed by atoms with Gasteiger partial charge >= 0.3 is 0 Å². The van der Waals surface area contributed by atoms with Crippen LogP contribution in [-0.4, -0.2) is 52.3 Å². The Balaban J connectivity index is 1.98. The molecule has 0 aromatic carbocycles. The number of nitrogens with zero attached hydrogens (tertiary/aromatic N) is 3. The minimum atomic E-state index is 0.145. The van der Waals surface area contributed by atoms with Crippen LogP contribution in [0.25, 0.3) is 0 Å². The van der Waals surface area contributed by atoms with Crippen LogP contribution in [0.2, 0.25) is 5.15 Å². The van der Waals surface area contributed by atoms with E-state index in [4.69, 9.17) is 16.7 Å². The van der Waals surface area contributed by atoms with Crippen molar-refractivity contribution in [1.82, 2.24) is 20.2 Å². The molecule has 2 heterocycles. The predicted octanol–water partition coefficient (Wildman–Crippen LogP) is 0.985. The molecule has 1 aliphatic heterocycles. The number of aliphatic hydroxyl groups is 1. The summed E-state index contributed by atoms with van der Waals surface area (Å²) in [6, 6.07) is 2.26. The maximum Gasteiger partial charge on any atom is 0.144 e. The number of hydrogen-bond acceptors (Lipinski definition) is 5. The summed E-state index contributed by atoms with van der Waals surface area (Å²) in [4.78, 5) is 10.8. The van der Waals surface area contributed by atoms with Gasteiger partial charge in [-0.2, -0.15) is 0 Å². The number of aromatic nitrogens is 2. The van der Waals surface area contributed by atoms with Crippen molar-refractivity contribution in [2.24, 2.45) is 0 Å². The van der Waals surface area contributed by atoms with Crippen molar-refractivity contribution >= 4 is 11.6 Å². The van der Waals surface area contributed by atoms with Gasteiger partial charge in [-0.1, -0.05) is 11.6 Å². The highest BCUT2D eigenvalue weighted by Crippen LogP contribution is 2.11. The standard InChI is InChI=1S/C13H21ClN4O/c1-10-7-12(14)17-13(16-10)9-18(5-6-19)8-11-3-2-4-15-11/h7,11,15,19H,2-6,8-9H2,1H3. The molecule has 1 aromatic rings. The molecule has 2 rings (SSSR count). The largest absolute Gasteiger partial charge is 0.395 e. The van der Waals surface area contributed by atoms with Gasteiger partial charge in [0.1, 0.15) is 11.0 Å². The van der Waals surface area contributed by atoms with Crippen molar-refractivity contribution in [2.45, 2.75) is 32.4 Å². The van der Waals surface area contributed by atoms with Gasteiger partial charge in [-0.3, -0.25) is 4.90 Å². The molecule has 1 fully saturated rings. The topological polar surface area (TPSA) is 61.3 Å². The van der Waals surface area contributed by atoms with Crippen LogP contribution in [0.1, 0.15) is 24.4 Å². The Kier molecular flexibility index (Phi) is 5.51. The van der Waals surface area contributed by atoms with Gasteiger partial charge in [0, 0.05) is 24.8 Å². The first kappa shape index (κ1) is 14.7. The zero-order chi connectivity index (χ0) is 13.7. The van der Waals surface area contributed by atoms with E-state index in [-0.39, 0.29) is 6.61 Å². The van der Waals surface area contributed by atoms with Crippen LogP contribution < -0.4 is 5.32 Å². The Labute approximate surface area is 119 Å². The van der Waals surface area contributed by atoms with Crippen LogP contribution in [0, 0.1) is 6.92 Å². The van der Waals surface area contributed by atoms with Crippen LogP contribution in [-0.2, 0) is 6.54 Å². The van der Waals surface area contributed by atoms with Crippen LogP contribution in [0.3, 0.4) is 0 Å². The molecule has 5 nitrogen and oxygen atoms in total. The Morgan fingerprint density at radius 1 is 1.53 bits per heavy atom. The van der Waals surface area contributed by atoms with Gasteiger partial charge < -0.3 is 10.4 Å². The second kappa shape index (κ2) is 7.14. The zero-order valence-electron chi connectivity index (χ0n) is 11.3. The molecule has 6 heteroatoms. The summed E-state index contributed by atoms with van der Waals surface area (Å²) in [5, 5.41) is 13.1. The van der Waals surface area contributed by atoms with Gasteiger partial charge in [0.25, 0.3) is 0 Å². The molecule has 0 aliphatic carbocycles. The van der Waals surface area contributed by atoms with Crippen molar-refractivity contribution in [1.29, 1.82) is 0 Å². The van der Waals surface area contributed by atoms with Crippen LogP contribution in [0.5, 0.6) is 0 Å². The molecular weight excluding hydrogens is 264 g/mol. The Morgan fingerprint density at radius 2 is 2.37 bits per heavy atom. The van der Waals surface area contributed by atoms with E-state index < -0.39 is 0 Å². The molecule has 1 atom stereocenters. The minimum Gasteiger partial charge on any atom is -0.395 e. The summed E-state index contributed by atoms with van der Waals surface area (Å²) in [7, 11) is 0. The summed E-state index contributed by atoms with van der Waals surface area (Å²) >= 11 is 5.95. The lowest BCUT2D eigenvalue weighted by molar-refractivity contribution is 0.176. The predicted molar refractivity (Wildman–Crippen MR) is 75.2 cm³/mol. The van der Waals surface area contributed by atoms with Gasteiger partial charge in [0.15, 0.2) is 0 Å². The van der Waals surface area contributed by atoms with Gasteiger partial charge in [-0.05, 0) is 32.4 Å². The lowest BCUT2D eigenvalue weighted by Crippen LogP contribution is -2.39. The number of aliphatic hydroxyl groups excluding tert-OH is 1. The van der Waals surface area contributed by atoms with E-state index in [1.165, 1.54) is 12.8 Å². The fourth-order valence-electron chi connectivity index (χ4n) is 2.46. The second-order valence-corrected chi connectivity index (χ2v) is 5.39. The molecule has 0 saturated carbocycles. The SMILES string of the molecule is Cc1cc(Cl)nc(CN(CCO)CC2CCCN2)n1. The molecule has 0 radical (unpaired) electrons. The van der Waals surface area contributed by atoms with E-state index in [9.17, 15) is 0 Å². The summed E-state index contributed by atoms with van der Waals surface area (Å²) in [5.74, 6) is 0.719. The van der Waals surface area contributed by atoms with E-state index >= 15 is 0 Å². The highest BCUT2D eigenvalue weighted by Gasteiger charge is 2.18. The Hall–Kier alpha value is -0.750. The average Bonchev–Trinajstić information content (AvgIpc) is 2.80. The van der Waals surface area contributed by atoms with E-state index in [1.807, 2.05) is 6.92 Å². The van der Waals surface area contributed by atoms with Gasteiger partial charge in [0.05, 0.1) is 13.2 Å².